The number of rotatable bonds is 6. The molecular weight excluding hydrogens is 385 g/mol. The van der Waals surface area contributed by atoms with Crippen LogP contribution in [-0.2, 0) is 6.18 Å². The topological polar surface area (TPSA) is 3.24 Å². The van der Waals surface area contributed by atoms with Crippen molar-refractivity contribution >= 4 is 39.8 Å². The first-order chi connectivity index (χ1) is 13.0. The lowest BCUT2D eigenvalue weighted by molar-refractivity contribution is -0.137. The lowest BCUT2D eigenvalue weighted by atomic mass is 10.1. The zero-order valence-electron chi connectivity index (χ0n) is 14.4. The Kier molecular flexibility index (Phi) is 6.31. The summed E-state index contributed by atoms with van der Waals surface area (Å²) >= 11 is 0. The van der Waals surface area contributed by atoms with Crippen LogP contribution in [0.25, 0.3) is 6.08 Å². The van der Waals surface area contributed by atoms with Gasteiger partial charge in [-0.25, -0.2) is 0 Å². The Labute approximate surface area is 160 Å². The second kappa shape index (κ2) is 8.69. The van der Waals surface area contributed by atoms with Crippen LogP contribution in [0, 0.1) is 0 Å². The van der Waals surface area contributed by atoms with Gasteiger partial charge in [0.2, 0.25) is 0 Å². The first kappa shape index (κ1) is 19.6. The van der Waals surface area contributed by atoms with Crippen molar-refractivity contribution in [3.8, 4) is 0 Å². The maximum absolute atomic E-state index is 13.7. The van der Waals surface area contributed by atoms with Gasteiger partial charge in [-0.3, -0.25) is 0 Å². The van der Waals surface area contributed by atoms with E-state index in [2.05, 4.69) is 6.58 Å². The minimum Gasteiger partial charge on any atom is -0.326 e. The zero-order chi connectivity index (χ0) is 19.3. The van der Waals surface area contributed by atoms with Crippen molar-refractivity contribution in [1.82, 2.24) is 0 Å². The van der Waals surface area contributed by atoms with Crippen molar-refractivity contribution in [1.29, 1.82) is 0 Å². The molecule has 3 aromatic carbocycles. The van der Waals surface area contributed by atoms with Crippen LogP contribution in [0.5, 0.6) is 0 Å². The van der Waals surface area contributed by atoms with E-state index in [1.165, 1.54) is 12.1 Å². The molecule has 0 bridgehead atoms. The van der Waals surface area contributed by atoms with E-state index in [1.807, 2.05) is 65.1 Å². The molecule has 6 heteroatoms. The van der Waals surface area contributed by atoms with E-state index < -0.39 is 11.7 Å². The Hall–Kier alpha value is -2.15. The van der Waals surface area contributed by atoms with Crippen molar-refractivity contribution in [3.05, 3.63) is 96.6 Å². The Morgan fingerprint density at radius 1 is 0.778 bits per heavy atom. The lowest BCUT2D eigenvalue weighted by Gasteiger charge is -2.28. The molecule has 0 aromatic heterocycles. The number of nitrogens with zero attached hydrogens (tertiary/aromatic N) is 1. The second-order valence-corrected chi connectivity index (χ2v) is 8.71. The lowest BCUT2D eigenvalue weighted by Crippen LogP contribution is -2.16. The van der Waals surface area contributed by atoms with Gasteiger partial charge in [0.05, 0.1) is 11.3 Å². The predicted octanol–water partition coefficient (Wildman–Crippen LogP) is 5.99. The summed E-state index contributed by atoms with van der Waals surface area (Å²) in [6.45, 7) is 3.59. The third kappa shape index (κ3) is 5.19. The second-order valence-electron chi connectivity index (χ2n) is 5.77. The molecule has 0 aliphatic rings. The highest BCUT2D eigenvalue weighted by atomic mass is 31.1. The van der Waals surface area contributed by atoms with E-state index in [9.17, 15) is 13.2 Å². The normalized spacial score (nSPS) is 12.1. The molecule has 3 rings (SSSR count). The summed E-state index contributed by atoms with van der Waals surface area (Å²) in [7, 11) is 0.183. The van der Waals surface area contributed by atoms with Crippen molar-refractivity contribution in [3.63, 3.8) is 0 Å². The van der Waals surface area contributed by atoms with Crippen LogP contribution >= 0.6 is 17.5 Å². The van der Waals surface area contributed by atoms with E-state index in [0.29, 0.717) is 5.56 Å². The molecule has 138 valence electrons. The molecule has 0 heterocycles. The predicted molar refractivity (Wildman–Crippen MR) is 113 cm³/mol. The summed E-state index contributed by atoms with van der Waals surface area (Å²) in [5.74, 6) is 0. The molecule has 0 saturated heterocycles. The Morgan fingerprint density at radius 3 is 1.74 bits per heavy atom. The molecule has 27 heavy (non-hydrogen) atoms. The Balaban J connectivity index is 2.05. The van der Waals surface area contributed by atoms with Crippen molar-refractivity contribution in [2.45, 2.75) is 6.18 Å². The standard InChI is InChI=1S/C21H18F3NP2/c1-2-16-13-14-20(19(15-16)21(22,23)24)25(26-17-9-5-3-6-10-17)27-18-11-7-4-8-12-18/h2-15,26-27H,1H2. The maximum atomic E-state index is 13.7. The molecule has 0 N–H and O–H groups in total. The summed E-state index contributed by atoms with van der Waals surface area (Å²) in [4.78, 5) is 0. The van der Waals surface area contributed by atoms with Gasteiger partial charge in [0.15, 0.2) is 0 Å². The Bertz CT molecular complexity index is 855. The van der Waals surface area contributed by atoms with Gasteiger partial charge in [0.1, 0.15) is 0 Å². The van der Waals surface area contributed by atoms with Gasteiger partial charge in [-0.05, 0) is 28.3 Å². The van der Waals surface area contributed by atoms with Gasteiger partial charge in [-0.2, -0.15) is 13.2 Å². The van der Waals surface area contributed by atoms with Crippen LogP contribution in [-0.4, -0.2) is 0 Å². The SMILES string of the molecule is C=Cc1ccc(N(Pc2ccccc2)Pc2ccccc2)c(C(F)(F)F)c1. The molecule has 0 fully saturated rings. The van der Waals surface area contributed by atoms with Gasteiger partial charge in [0.25, 0.3) is 0 Å². The third-order valence-electron chi connectivity index (χ3n) is 3.83. The minimum atomic E-state index is -4.44. The molecule has 2 atom stereocenters. The van der Waals surface area contributed by atoms with Gasteiger partial charge in [0, 0.05) is 17.5 Å². The molecule has 0 saturated carbocycles. The van der Waals surface area contributed by atoms with Crippen LogP contribution in [0.2, 0.25) is 0 Å². The molecule has 0 radical (unpaired) electrons. The molecular formula is C21H18F3NP2. The van der Waals surface area contributed by atoms with E-state index >= 15 is 0 Å². The van der Waals surface area contributed by atoms with Crippen LogP contribution in [0.1, 0.15) is 11.1 Å². The van der Waals surface area contributed by atoms with Crippen LogP contribution < -0.4 is 15.1 Å². The molecule has 0 amide bonds. The van der Waals surface area contributed by atoms with Crippen molar-refractivity contribution in [2.24, 2.45) is 0 Å². The molecule has 0 spiro atoms. The zero-order valence-corrected chi connectivity index (χ0v) is 16.4. The van der Waals surface area contributed by atoms with Crippen LogP contribution in [0.15, 0.2) is 85.4 Å². The molecule has 2 unspecified atom stereocenters. The first-order valence-corrected chi connectivity index (χ1v) is 10.1. The van der Waals surface area contributed by atoms with Crippen molar-refractivity contribution in [2.75, 3.05) is 4.44 Å². The van der Waals surface area contributed by atoms with Gasteiger partial charge in [-0.1, -0.05) is 79.4 Å². The average Bonchev–Trinajstić information content (AvgIpc) is 2.68. The largest absolute Gasteiger partial charge is 0.418 e. The summed E-state index contributed by atoms with van der Waals surface area (Å²) < 4.78 is 43.1. The van der Waals surface area contributed by atoms with Gasteiger partial charge in [-0.15, -0.1) is 0 Å². The highest BCUT2D eigenvalue weighted by Crippen LogP contribution is 2.45. The van der Waals surface area contributed by atoms with Gasteiger partial charge < -0.3 is 4.44 Å². The summed E-state index contributed by atoms with van der Waals surface area (Å²) in [5.41, 5.74) is 0.0151. The monoisotopic (exact) mass is 403 g/mol. The summed E-state index contributed by atoms with van der Waals surface area (Å²) in [5, 5.41) is 1.98. The fourth-order valence-electron chi connectivity index (χ4n) is 2.53. The van der Waals surface area contributed by atoms with Crippen LogP contribution in [0.4, 0.5) is 18.9 Å². The minimum absolute atomic E-state index is 0.0913. The van der Waals surface area contributed by atoms with E-state index in [0.717, 1.165) is 10.6 Å². The summed E-state index contributed by atoms with van der Waals surface area (Å²) in [6.07, 6.45) is -3.00. The molecule has 3 aromatic rings. The van der Waals surface area contributed by atoms with Gasteiger partial charge >= 0.3 is 6.18 Å². The quantitative estimate of drug-likeness (QED) is 0.457. The smallest absolute Gasteiger partial charge is 0.326 e. The average molecular weight is 403 g/mol. The fourth-order valence-corrected chi connectivity index (χ4v) is 5.36. The van der Waals surface area contributed by atoms with Crippen LogP contribution in [0.3, 0.4) is 0 Å². The number of benzene rings is 3. The van der Waals surface area contributed by atoms with E-state index in [4.69, 9.17) is 0 Å². The third-order valence-corrected chi connectivity index (χ3v) is 6.61. The highest BCUT2D eigenvalue weighted by molar-refractivity contribution is 7.67. The number of hydrogen-bond donors (Lipinski definition) is 0. The Morgan fingerprint density at radius 2 is 1.30 bits per heavy atom. The number of halogens is 3. The van der Waals surface area contributed by atoms with E-state index in [-0.39, 0.29) is 23.2 Å². The first-order valence-electron chi connectivity index (χ1n) is 8.24. The highest BCUT2D eigenvalue weighted by Gasteiger charge is 2.35. The summed E-state index contributed by atoms with van der Waals surface area (Å²) in [6, 6.07) is 23.5. The van der Waals surface area contributed by atoms with E-state index in [1.54, 1.807) is 12.1 Å². The fraction of sp³-hybridized carbons (Fsp3) is 0.0476. The molecule has 0 aliphatic heterocycles. The molecule has 0 aliphatic carbocycles. The number of hydrogen-bond acceptors (Lipinski definition) is 1. The van der Waals surface area contributed by atoms with Crippen molar-refractivity contribution < 1.29 is 13.2 Å². The number of anilines is 1. The number of alkyl halides is 3. The molecule has 1 nitrogen and oxygen atoms in total. The maximum Gasteiger partial charge on any atom is 0.418 e.